The first-order valence-corrected chi connectivity index (χ1v) is 3.71. The Morgan fingerprint density at radius 2 is 2.42 bits per heavy atom. The molecule has 0 saturated carbocycles. The number of hydrogen-bond donors (Lipinski definition) is 2. The maximum absolute atomic E-state index is 11.9. The van der Waals surface area contributed by atoms with Crippen molar-refractivity contribution in [3.05, 3.63) is 18.5 Å². The standard InChI is InChI=1S/C7H12FN3O/c8-4-7(12)6(9)5-11-3-1-2-10-11/h1-3,6-7,12H,4-5,9H2/t6-,7-/m1/s1. The summed E-state index contributed by atoms with van der Waals surface area (Å²) in [5, 5.41) is 12.9. The summed E-state index contributed by atoms with van der Waals surface area (Å²) < 4.78 is 13.5. The Bertz CT molecular complexity index is 214. The highest BCUT2D eigenvalue weighted by atomic mass is 19.1. The summed E-state index contributed by atoms with van der Waals surface area (Å²) in [7, 11) is 0. The summed E-state index contributed by atoms with van der Waals surface area (Å²) >= 11 is 0. The van der Waals surface area contributed by atoms with Crippen molar-refractivity contribution in [1.82, 2.24) is 9.78 Å². The highest BCUT2D eigenvalue weighted by molar-refractivity contribution is 4.80. The van der Waals surface area contributed by atoms with Crippen molar-refractivity contribution in [3.8, 4) is 0 Å². The van der Waals surface area contributed by atoms with Crippen LogP contribution in [0.15, 0.2) is 18.5 Å². The molecule has 12 heavy (non-hydrogen) atoms. The van der Waals surface area contributed by atoms with Gasteiger partial charge in [-0.25, -0.2) is 4.39 Å². The van der Waals surface area contributed by atoms with E-state index in [0.29, 0.717) is 6.54 Å². The second-order valence-electron chi connectivity index (χ2n) is 2.61. The Morgan fingerprint density at radius 1 is 1.67 bits per heavy atom. The van der Waals surface area contributed by atoms with Crippen molar-refractivity contribution in [1.29, 1.82) is 0 Å². The average molecular weight is 173 g/mol. The number of aliphatic hydroxyl groups is 1. The van der Waals surface area contributed by atoms with Crippen LogP contribution in [0, 0.1) is 0 Å². The van der Waals surface area contributed by atoms with Crippen LogP contribution in [0.4, 0.5) is 4.39 Å². The van der Waals surface area contributed by atoms with Crippen molar-refractivity contribution in [3.63, 3.8) is 0 Å². The molecule has 2 atom stereocenters. The molecule has 1 rings (SSSR count). The molecule has 0 aliphatic carbocycles. The Hall–Kier alpha value is -0.940. The van der Waals surface area contributed by atoms with Crippen LogP contribution in [0.2, 0.25) is 0 Å². The molecule has 0 aromatic carbocycles. The van der Waals surface area contributed by atoms with Gasteiger partial charge in [0.2, 0.25) is 0 Å². The highest BCUT2D eigenvalue weighted by Crippen LogP contribution is 1.95. The number of halogens is 1. The van der Waals surface area contributed by atoms with E-state index < -0.39 is 18.8 Å². The molecule has 0 fully saturated rings. The SMILES string of the molecule is N[C@H](Cn1cccn1)[C@H](O)CF. The maximum Gasteiger partial charge on any atom is 0.117 e. The molecule has 1 heterocycles. The van der Waals surface area contributed by atoms with Crippen molar-refractivity contribution < 1.29 is 9.50 Å². The molecule has 0 radical (unpaired) electrons. The lowest BCUT2D eigenvalue weighted by atomic mass is 10.2. The van der Waals surface area contributed by atoms with Crippen molar-refractivity contribution in [2.24, 2.45) is 5.73 Å². The molecule has 68 valence electrons. The fraction of sp³-hybridized carbons (Fsp3) is 0.571. The van der Waals surface area contributed by atoms with Gasteiger partial charge in [-0.1, -0.05) is 0 Å². The van der Waals surface area contributed by atoms with Gasteiger partial charge in [0.1, 0.15) is 6.67 Å². The predicted molar refractivity (Wildman–Crippen MR) is 42.2 cm³/mol. The number of hydrogen-bond acceptors (Lipinski definition) is 3. The Morgan fingerprint density at radius 3 is 2.92 bits per heavy atom. The fourth-order valence-electron chi connectivity index (χ4n) is 0.861. The zero-order chi connectivity index (χ0) is 8.97. The minimum Gasteiger partial charge on any atom is -0.389 e. The number of rotatable bonds is 4. The molecule has 4 nitrogen and oxygen atoms in total. The van der Waals surface area contributed by atoms with Crippen LogP contribution >= 0.6 is 0 Å². The minimum absolute atomic E-state index is 0.331. The van der Waals surface area contributed by atoms with Gasteiger partial charge in [0, 0.05) is 12.4 Å². The zero-order valence-electron chi connectivity index (χ0n) is 6.60. The van der Waals surface area contributed by atoms with E-state index in [-0.39, 0.29) is 0 Å². The topological polar surface area (TPSA) is 64.1 Å². The number of nitrogens with zero attached hydrogens (tertiary/aromatic N) is 2. The van der Waals surface area contributed by atoms with E-state index in [9.17, 15) is 4.39 Å². The van der Waals surface area contributed by atoms with Gasteiger partial charge in [-0.2, -0.15) is 5.10 Å². The normalized spacial score (nSPS) is 15.9. The maximum atomic E-state index is 11.9. The Kier molecular flexibility index (Phi) is 3.19. The molecule has 5 heteroatoms. The Labute approximate surface area is 69.8 Å². The molecule has 0 aliphatic rings. The van der Waals surface area contributed by atoms with Crippen molar-refractivity contribution in [2.45, 2.75) is 18.7 Å². The van der Waals surface area contributed by atoms with Gasteiger partial charge in [0.05, 0.1) is 18.7 Å². The number of aromatic nitrogens is 2. The van der Waals surface area contributed by atoms with E-state index in [1.165, 1.54) is 0 Å². The molecule has 0 unspecified atom stereocenters. The van der Waals surface area contributed by atoms with Gasteiger partial charge in [-0.15, -0.1) is 0 Å². The summed E-state index contributed by atoms with van der Waals surface area (Å²) in [4.78, 5) is 0. The molecule has 3 N–H and O–H groups in total. The third kappa shape index (κ3) is 2.28. The second kappa shape index (κ2) is 4.18. The summed E-state index contributed by atoms with van der Waals surface area (Å²) in [5.41, 5.74) is 5.47. The predicted octanol–water partition coefficient (Wildman–Crippen LogP) is -0.459. The second-order valence-corrected chi connectivity index (χ2v) is 2.61. The summed E-state index contributed by atoms with van der Waals surface area (Å²) in [6.07, 6.45) is 2.22. The summed E-state index contributed by atoms with van der Waals surface area (Å²) in [6.45, 7) is -0.486. The monoisotopic (exact) mass is 173 g/mol. The van der Waals surface area contributed by atoms with Gasteiger partial charge in [-0.05, 0) is 6.07 Å². The van der Waals surface area contributed by atoms with Gasteiger partial charge in [0.15, 0.2) is 0 Å². The van der Waals surface area contributed by atoms with E-state index >= 15 is 0 Å². The molecule has 0 amide bonds. The van der Waals surface area contributed by atoms with Crippen LogP contribution in [0.1, 0.15) is 0 Å². The zero-order valence-corrected chi connectivity index (χ0v) is 6.60. The van der Waals surface area contributed by atoms with Gasteiger partial charge < -0.3 is 10.8 Å². The summed E-state index contributed by atoms with van der Waals surface area (Å²) in [5.74, 6) is 0. The molecular weight excluding hydrogens is 161 g/mol. The van der Waals surface area contributed by atoms with E-state index in [0.717, 1.165) is 0 Å². The lowest BCUT2D eigenvalue weighted by Gasteiger charge is -2.15. The van der Waals surface area contributed by atoms with Crippen molar-refractivity contribution >= 4 is 0 Å². The van der Waals surface area contributed by atoms with Gasteiger partial charge >= 0.3 is 0 Å². The molecule has 1 aromatic heterocycles. The van der Waals surface area contributed by atoms with Crippen LogP contribution in [0.5, 0.6) is 0 Å². The van der Waals surface area contributed by atoms with E-state index in [4.69, 9.17) is 10.8 Å². The third-order valence-corrected chi connectivity index (χ3v) is 1.61. The first kappa shape index (κ1) is 9.15. The first-order valence-electron chi connectivity index (χ1n) is 3.71. The summed E-state index contributed by atoms with van der Waals surface area (Å²) in [6, 6.07) is 1.14. The molecule has 0 spiro atoms. The number of aliphatic hydroxyl groups excluding tert-OH is 1. The van der Waals surface area contributed by atoms with Crippen LogP contribution in [-0.2, 0) is 6.54 Å². The number of alkyl halides is 1. The van der Waals surface area contributed by atoms with E-state index in [1.807, 2.05) is 0 Å². The molecular formula is C7H12FN3O. The quantitative estimate of drug-likeness (QED) is 0.647. The van der Waals surface area contributed by atoms with Crippen molar-refractivity contribution in [2.75, 3.05) is 6.67 Å². The van der Waals surface area contributed by atoms with E-state index in [2.05, 4.69) is 5.10 Å². The molecule has 1 aromatic rings. The largest absolute Gasteiger partial charge is 0.389 e. The lowest BCUT2D eigenvalue weighted by molar-refractivity contribution is 0.105. The van der Waals surface area contributed by atoms with Crippen LogP contribution in [0.25, 0.3) is 0 Å². The molecule has 0 bridgehead atoms. The van der Waals surface area contributed by atoms with Gasteiger partial charge in [0.25, 0.3) is 0 Å². The van der Waals surface area contributed by atoms with E-state index in [1.54, 1.807) is 23.1 Å². The fourth-order valence-corrected chi connectivity index (χ4v) is 0.861. The van der Waals surface area contributed by atoms with Gasteiger partial charge in [-0.3, -0.25) is 4.68 Å². The van der Waals surface area contributed by atoms with Crippen LogP contribution < -0.4 is 5.73 Å². The number of nitrogens with two attached hydrogens (primary N) is 1. The first-order chi connectivity index (χ1) is 5.74. The third-order valence-electron chi connectivity index (χ3n) is 1.61. The smallest absolute Gasteiger partial charge is 0.117 e. The average Bonchev–Trinajstić information content (AvgIpc) is 2.55. The molecule has 0 saturated heterocycles. The highest BCUT2D eigenvalue weighted by Gasteiger charge is 2.14. The lowest BCUT2D eigenvalue weighted by Crippen LogP contribution is -2.39. The molecule has 0 aliphatic heterocycles. The Balaban J connectivity index is 2.41. The minimum atomic E-state index is -1.10. The van der Waals surface area contributed by atoms with Crippen LogP contribution in [-0.4, -0.2) is 33.7 Å². The van der Waals surface area contributed by atoms with Crippen LogP contribution in [0.3, 0.4) is 0 Å².